The molecule has 2 rings (SSSR count). The zero-order valence-corrected chi connectivity index (χ0v) is 11.2. The van der Waals surface area contributed by atoms with E-state index >= 15 is 0 Å². The minimum atomic E-state index is -0.239. The van der Waals surface area contributed by atoms with Gasteiger partial charge in [0.1, 0.15) is 0 Å². The molecule has 6 heteroatoms. The van der Waals surface area contributed by atoms with Crippen LogP contribution in [0.1, 0.15) is 5.56 Å². The van der Waals surface area contributed by atoms with Gasteiger partial charge in [0, 0.05) is 6.04 Å². The van der Waals surface area contributed by atoms with E-state index in [2.05, 4.69) is 10.6 Å². The molecular formula is C13H14ClN3O2. The highest BCUT2D eigenvalue weighted by Gasteiger charge is 2.33. The van der Waals surface area contributed by atoms with E-state index in [9.17, 15) is 4.79 Å². The van der Waals surface area contributed by atoms with Crippen molar-refractivity contribution in [3.05, 3.63) is 28.8 Å². The van der Waals surface area contributed by atoms with Gasteiger partial charge in [0.2, 0.25) is 5.91 Å². The van der Waals surface area contributed by atoms with E-state index in [1.54, 1.807) is 19.2 Å². The molecule has 0 aliphatic carbocycles. The van der Waals surface area contributed by atoms with Crippen LogP contribution in [-0.4, -0.2) is 32.2 Å². The van der Waals surface area contributed by atoms with Crippen LogP contribution in [-0.2, 0) is 9.53 Å². The van der Waals surface area contributed by atoms with Gasteiger partial charge in [-0.25, -0.2) is 0 Å². The predicted octanol–water partition coefficient (Wildman–Crippen LogP) is 1.38. The van der Waals surface area contributed by atoms with Crippen molar-refractivity contribution in [1.29, 1.82) is 5.26 Å². The van der Waals surface area contributed by atoms with Crippen LogP contribution in [0.2, 0.25) is 5.02 Å². The Morgan fingerprint density at radius 1 is 1.53 bits per heavy atom. The number of carbonyl (C=O) groups excluding carboxylic acids is 1. The van der Waals surface area contributed by atoms with Gasteiger partial charge in [-0.3, -0.25) is 4.79 Å². The normalized spacial score (nSPS) is 21.9. The molecule has 1 aliphatic heterocycles. The number of benzene rings is 1. The Bertz CT molecular complexity index is 527. The summed E-state index contributed by atoms with van der Waals surface area (Å²) in [5, 5.41) is 14.9. The quantitative estimate of drug-likeness (QED) is 0.877. The van der Waals surface area contributed by atoms with Gasteiger partial charge in [-0.2, -0.15) is 5.26 Å². The summed E-state index contributed by atoms with van der Waals surface area (Å²) in [6.07, 6.45) is 0. The standard InChI is InChI=1S/C13H14ClN3O2/c1-16-12-7-19-6-9(12)13(18)17-11-3-2-8(5-15)4-10(11)14/h2-4,9,12,16H,6-7H2,1H3,(H,17,18). The molecule has 1 fully saturated rings. The second kappa shape index (κ2) is 6.02. The molecule has 0 spiro atoms. The Kier molecular flexibility index (Phi) is 4.38. The van der Waals surface area contributed by atoms with Gasteiger partial charge in [0.15, 0.2) is 0 Å². The van der Waals surface area contributed by atoms with Crippen LogP contribution in [0.25, 0.3) is 0 Å². The number of nitrogens with one attached hydrogen (secondary N) is 2. The van der Waals surface area contributed by atoms with Gasteiger partial charge in [0.25, 0.3) is 0 Å². The fourth-order valence-corrected chi connectivity index (χ4v) is 2.24. The van der Waals surface area contributed by atoms with Crippen LogP contribution in [0, 0.1) is 17.2 Å². The average molecular weight is 280 g/mol. The van der Waals surface area contributed by atoms with Crippen LogP contribution >= 0.6 is 11.6 Å². The maximum absolute atomic E-state index is 12.1. The number of rotatable bonds is 3. The summed E-state index contributed by atoms with van der Waals surface area (Å²) in [6.45, 7) is 0.918. The number of ether oxygens (including phenoxy) is 1. The number of amides is 1. The smallest absolute Gasteiger partial charge is 0.231 e. The van der Waals surface area contributed by atoms with Crippen molar-refractivity contribution in [2.75, 3.05) is 25.6 Å². The molecule has 2 N–H and O–H groups in total. The van der Waals surface area contributed by atoms with E-state index in [4.69, 9.17) is 21.6 Å². The second-order valence-electron chi connectivity index (χ2n) is 4.33. The zero-order valence-electron chi connectivity index (χ0n) is 10.4. The number of hydrogen-bond acceptors (Lipinski definition) is 4. The molecule has 0 aromatic heterocycles. The number of halogens is 1. The van der Waals surface area contributed by atoms with Gasteiger partial charge in [-0.05, 0) is 25.2 Å². The molecule has 19 heavy (non-hydrogen) atoms. The summed E-state index contributed by atoms with van der Waals surface area (Å²) in [4.78, 5) is 12.1. The minimum absolute atomic E-state index is 0.0113. The molecule has 2 atom stereocenters. The van der Waals surface area contributed by atoms with Crippen molar-refractivity contribution < 1.29 is 9.53 Å². The van der Waals surface area contributed by atoms with Gasteiger partial charge in [0.05, 0.1) is 41.5 Å². The van der Waals surface area contributed by atoms with E-state index in [1.165, 1.54) is 6.07 Å². The summed E-state index contributed by atoms with van der Waals surface area (Å²) >= 11 is 6.02. The van der Waals surface area contributed by atoms with Crippen molar-refractivity contribution in [3.63, 3.8) is 0 Å². The average Bonchev–Trinajstić information content (AvgIpc) is 2.89. The molecule has 1 saturated heterocycles. The van der Waals surface area contributed by atoms with Crippen LogP contribution < -0.4 is 10.6 Å². The Morgan fingerprint density at radius 3 is 2.95 bits per heavy atom. The number of nitriles is 1. The summed E-state index contributed by atoms with van der Waals surface area (Å²) in [7, 11) is 1.80. The maximum atomic E-state index is 12.1. The topological polar surface area (TPSA) is 74.2 Å². The van der Waals surface area contributed by atoms with Crippen molar-refractivity contribution in [1.82, 2.24) is 5.32 Å². The molecular weight excluding hydrogens is 266 g/mol. The molecule has 1 aromatic rings. The SMILES string of the molecule is CNC1COCC1C(=O)Nc1ccc(C#N)cc1Cl. The highest BCUT2D eigenvalue weighted by molar-refractivity contribution is 6.33. The highest BCUT2D eigenvalue weighted by atomic mass is 35.5. The molecule has 5 nitrogen and oxygen atoms in total. The number of carbonyl (C=O) groups is 1. The lowest BCUT2D eigenvalue weighted by atomic mass is 10.0. The first-order chi connectivity index (χ1) is 9.15. The van der Waals surface area contributed by atoms with E-state index in [0.717, 1.165) is 0 Å². The lowest BCUT2D eigenvalue weighted by Crippen LogP contribution is -2.39. The van der Waals surface area contributed by atoms with Crippen LogP contribution in [0.15, 0.2) is 18.2 Å². The second-order valence-corrected chi connectivity index (χ2v) is 4.74. The van der Waals surface area contributed by atoms with E-state index in [-0.39, 0.29) is 17.9 Å². The summed E-state index contributed by atoms with van der Waals surface area (Å²) in [6, 6.07) is 6.77. The summed E-state index contributed by atoms with van der Waals surface area (Å²) in [5.41, 5.74) is 0.965. The third-order valence-electron chi connectivity index (χ3n) is 3.14. The Balaban J connectivity index is 2.09. The summed E-state index contributed by atoms with van der Waals surface area (Å²) in [5.74, 6) is -0.375. The lowest BCUT2D eigenvalue weighted by Gasteiger charge is -2.16. The Morgan fingerprint density at radius 2 is 2.32 bits per heavy atom. The lowest BCUT2D eigenvalue weighted by molar-refractivity contribution is -0.120. The van der Waals surface area contributed by atoms with Gasteiger partial charge in [-0.1, -0.05) is 11.6 Å². The van der Waals surface area contributed by atoms with Crippen molar-refractivity contribution in [2.45, 2.75) is 6.04 Å². The molecule has 1 aliphatic rings. The molecule has 0 saturated carbocycles. The first-order valence-corrected chi connectivity index (χ1v) is 6.29. The first-order valence-electron chi connectivity index (χ1n) is 5.91. The number of likely N-dealkylation sites (N-methyl/N-ethyl adjacent to an activating group) is 1. The number of hydrogen-bond donors (Lipinski definition) is 2. The fraction of sp³-hybridized carbons (Fsp3) is 0.385. The molecule has 1 heterocycles. The molecule has 2 unspecified atom stereocenters. The van der Waals surface area contributed by atoms with Crippen LogP contribution in [0.4, 0.5) is 5.69 Å². The third kappa shape index (κ3) is 3.04. The van der Waals surface area contributed by atoms with Gasteiger partial charge < -0.3 is 15.4 Å². The fourth-order valence-electron chi connectivity index (χ4n) is 2.01. The molecule has 0 radical (unpaired) electrons. The van der Waals surface area contributed by atoms with Gasteiger partial charge in [-0.15, -0.1) is 0 Å². The maximum Gasteiger partial charge on any atom is 0.231 e. The van der Waals surface area contributed by atoms with Crippen molar-refractivity contribution >= 4 is 23.2 Å². The van der Waals surface area contributed by atoms with E-state index in [0.29, 0.717) is 29.5 Å². The predicted molar refractivity (Wildman–Crippen MR) is 72.0 cm³/mol. The summed E-state index contributed by atoms with van der Waals surface area (Å²) < 4.78 is 5.29. The van der Waals surface area contributed by atoms with Crippen molar-refractivity contribution in [2.24, 2.45) is 5.92 Å². The van der Waals surface area contributed by atoms with Gasteiger partial charge >= 0.3 is 0 Å². The molecule has 100 valence electrons. The van der Waals surface area contributed by atoms with Crippen LogP contribution in [0.5, 0.6) is 0 Å². The Labute approximate surface area is 116 Å². The molecule has 0 bridgehead atoms. The Hall–Kier alpha value is -1.61. The number of nitrogens with zero attached hydrogens (tertiary/aromatic N) is 1. The monoisotopic (exact) mass is 279 g/mol. The van der Waals surface area contributed by atoms with E-state index in [1.807, 2.05) is 6.07 Å². The first kappa shape index (κ1) is 13.8. The third-order valence-corrected chi connectivity index (χ3v) is 3.46. The van der Waals surface area contributed by atoms with Crippen molar-refractivity contribution in [3.8, 4) is 6.07 Å². The largest absolute Gasteiger partial charge is 0.379 e. The molecule has 1 amide bonds. The zero-order chi connectivity index (χ0) is 13.8. The number of anilines is 1. The van der Waals surface area contributed by atoms with Crippen LogP contribution in [0.3, 0.4) is 0 Å². The van der Waals surface area contributed by atoms with E-state index < -0.39 is 0 Å². The minimum Gasteiger partial charge on any atom is -0.379 e. The molecule has 1 aromatic carbocycles. The highest BCUT2D eigenvalue weighted by Crippen LogP contribution is 2.24.